The number of carbonyl (C=O) groups is 2. The minimum Gasteiger partial charge on any atom is -0.463 e. The van der Waals surface area contributed by atoms with E-state index >= 15 is 0 Å². The highest BCUT2D eigenvalue weighted by Gasteiger charge is 2.26. The maximum atomic E-state index is 11.9. The van der Waals surface area contributed by atoms with E-state index in [1.165, 1.54) is 0 Å². The van der Waals surface area contributed by atoms with Crippen LogP contribution in [-0.4, -0.2) is 76.6 Å². The number of esters is 2. The Hall–Kier alpha value is -1.18. The Balaban J connectivity index is 4.10. The zero-order valence-corrected chi connectivity index (χ0v) is 13.4. The molecule has 0 N–H and O–H groups in total. The monoisotopic (exact) mass is 305 g/mol. The lowest BCUT2D eigenvalue weighted by Gasteiger charge is -2.21. The van der Waals surface area contributed by atoms with Crippen molar-refractivity contribution in [2.75, 3.05) is 53.7 Å². The molecule has 0 saturated heterocycles. The lowest BCUT2D eigenvalue weighted by Crippen LogP contribution is -2.39. The molecule has 7 nitrogen and oxygen atoms in total. The number of nitrogens with zero attached hydrogens (tertiary/aromatic N) is 1. The topological polar surface area (TPSA) is 74.3 Å². The van der Waals surface area contributed by atoms with E-state index in [1.54, 1.807) is 19.0 Å². The first kappa shape index (κ1) is 19.8. The molecule has 0 saturated carbocycles. The fraction of sp³-hybridized carbons (Fsp3) is 0.857. The molecular weight excluding hydrogens is 278 g/mol. The molecule has 21 heavy (non-hydrogen) atoms. The molecule has 0 rings (SSSR count). The molecule has 0 aromatic heterocycles. The van der Waals surface area contributed by atoms with Crippen LogP contribution < -0.4 is 0 Å². The Bertz CT molecular complexity index is 295. The first-order chi connectivity index (χ1) is 10.0. The second kappa shape index (κ2) is 12.6. The summed E-state index contributed by atoms with van der Waals surface area (Å²) >= 11 is 0. The molecule has 124 valence electrons. The van der Waals surface area contributed by atoms with Gasteiger partial charge in [-0.15, -0.1) is 0 Å². The Morgan fingerprint density at radius 1 is 0.905 bits per heavy atom. The minimum atomic E-state index is -0.661. The summed E-state index contributed by atoms with van der Waals surface area (Å²) < 4.78 is 20.2. The number of ether oxygens (including phenoxy) is 4. The van der Waals surface area contributed by atoms with Crippen LogP contribution in [0.1, 0.15) is 20.3 Å². The van der Waals surface area contributed by atoms with Crippen molar-refractivity contribution in [2.24, 2.45) is 0 Å². The number of likely N-dealkylation sites (N-methyl/N-ethyl adjacent to an activating group) is 1. The molecule has 1 atom stereocenters. The van der Waals surface area contributed by atoms with Crippen LogP contribution in [0.15, 0.2) is 0 Å². The van der Waals surface area contributed by atoms with Crippen LogP contribution in [0.25, 0.3) is 0 Å². The molecule has 7 heteroatoms. The van der Waals surface area contributed by atoms with E-state index in [4.69, 9.17) is 18.9 Å². The lowest BCUT2D eigenvalue weighted by atomic mass is 10.2. The first-order valence-electron chi connectivity index (χ1n) is 7.17. The first-order valence-corrected chi connectivity index (χ1v) is 7.17. The summed E-state index contributed by atoms with van der Waals surface area (Å²) in [4.78, 5) is 25.2. The largest absolute Gasteiger partial charge is 0.463 e. The summed E-state index contributed by atoms with van der Waals surface area (Å²) in [7, 11) is 3.42. The molecule has 0 heterocycles. The van der Waals surface area contributed by atoms with Crippen LogP contribution in [0.3, 0.4) is 0 Å². The average Bonchev–Trinajstić information content (AvgIpc) is 2.45. The van der Waals surface area contributed by atoms with E-state index in [0.29, 0.717) is 26.4 Å². The van der Waals surface area contributed by atoms with Gasteiger partial charge in [0.25, 0.3) is 0 Å². The van der Waals surface area contributed by atoms with Gasteiger partial charge in [-0.1, -0.05) is 0 Å². The summed E-state index contributed by atoms with van der Waals surface area (Å²) in [5.74, 6) is -0.906. The van der Waals surface area contributed by atoms with Crippen LogP contribution >= 0.6 is 0 Å². The molecule has 0 amide bonds. The van der Waals surface area contributed by atoms with Crippen molar-refractivity contribution in [1.82, 2.24) is 4.90 Å². The quantitative estimate of drug-likeness (QED) is 0.383. The van der Waals surface area contributed by atoms with Gasteiger partial charge >= 0.3 is 11.9 Å². The van der Waals surface area contributed by atoms with E-state index < -0.39 is 18.0 Å². The zero-order valence-electron chi connectivity index (χ0n) is 13.4. The van der Waals surface area contributed by atoms with Crippen molar-refractivity contribution in [3.05, 3.63) is 0 Å². The Labute approximate surface area is 126 Å². The van der Waals surface area contributed by atoms with Crippen molar-refractivity contribution in [1.29, 1.82) is 0 Å². The number of hydrogen-bond donors (Lipinski definition) is 0. The minimum absolute atomic E-state index is 0.0490. The van der Waals surface area contributed by atoms with E-state index in [9.17, 15) is 9.59 Å². The molecule has 0 unspecified atom stereocenters. The molecule has 0 aromatic rings. The lowest BCUT2D eigenvalue weighted by molar-refractivity contribution is -0.157. The smallest absolute Gasteiger partial charge is 0.324 e. The summed E-state index contributed by atoms with van der Waals surface area (Å²) in [6.45, 7) is 5.94. The van der Waals surface area contributed by atoms with Crippen LogP contribution in [-0.2, 0) is 28.5 Å². The molecule has 0 spiro atoms. The van der Waals surface area contributed by atoms with E-state index in [0.717, 1.165) is 0 Å². The summed E-state index contributed by atoms with van der Waals surface area (Å²) in [6, 6.07) is -0.661. The summed E-state index contributed by atoms with van der Waals surface area (Å²) in [5, 5.41) is 0. The summed E-state index contributed by atoms with van der Waals surface area (Å²) in [6.07, 6.45) is -0.0490. The Morgan fingerprint density at radius 2 is 1.43 bits per heavy atom. The van der Waals surface area contributed by atoms with Gasteiger partial charge in [-0.25, -0.2) is 0 Å². The third-order valence-corrected chi connectivity index (χ3v) is 2.63. The molecule has 0 radical (unpaired) electrons. The SMILES string of the molecule is CCOCCOC(=O)C[C@@H](C(=O)OCCOCC)N(C)C. The van der Waals surface area contributed by atoms with Crippen molar-refractivity contribution in [3.8, 4) is 0 Å². The molecule has 0 bridgehead atoms. The van der Waals surface area contributed by atoms with Gasteiger partial charge < -0.3 is 18.9 Å². The molecule has 0 aliphatic carbocycles. The zero-order chi connectivity index (χ0) is 16.1. The number of carbonyl (C=O) groups excluding carboxylic acids is 2. The van der Waals surface area contributed by atoms with Gasteiger partial charge in [-0.05, 0) is 27.9 Å². The molecule has 0 aliphatic heterocycles. The van der Waals surface area contributed by atoms with Crippen LogP contribution in [0.4, 0.5) is 0 Å². The van der Waals surface area contributed by atoms with E-state index in [2.05, 4.69) is 0 Å². The van der Waals surface area contributed by atoms with Gasteiger partial charge in [-0.3, -0.25) is 14.5 Å². The maximum absolute atomic E-state index is 11.9. The second-order valence-electron chi connectivity index (χ2n) is 4.47. The van der Waals surface area contributed by atoms with Gasteiger partial charge in [0, 0.05) is 13.2 Å². The van der Waals surface area contributed by atoms with Crippen LogP contribution in [0, 0.1) is 0 Å². The van der Waals surface area contributed by atoms with Gasteiger partial charge in [0.2, 0.25) is 0 Å². The maximum Gasteiger partial charge on any atom is 0.324 e. The van der Waals surface area contributed by atoms with Gasteiger partial charge in [-0.2, -0.15) is 0 Å². The highest BCUT2D eigenvalue weighted by molar-refractivity contribution is 5.82. The third kappa shape index (κ3) is 10.2. The van der Waals surface area contributed by atoms with Crippen molar-refractivity contribution < 1.29 is 28.5 Å². The van der Waals surface area contributed by atoms with E-state index in [1.807, 2.05) is 13.8 Å². The van der Waals surface area contributed by atoms with Crippen molar-refractivity contribution in [3.63, 3.8) is 0 Å². The fourth-order valence-corrected chi connectivity index (χ4v) is 1.49. The average molecular weight is 305 g/mol. The molecular formula is C14H27NO6. The third-order valence-electron chi connectivity index (χ3n) is 2.63. The predicted octanol–water partition coefficient (Wildman–Crippen LogP) is 0.466. The van der Waals surface area contributed by atoms with Gasteiger partial charge in [0.05, 0.1) is 19.6 Å². The predicted molar refractivity (Wildman–Crippen MR) is 77.0 cm³/mol. The van der Waals surface area contributed by atoms with Crippen molar-refractivity contribution >= 4 is 11.9 Å². The van der Waals surface area contributed by atoms with Crippen LogP contribution in [0.2, 0.25) is 0 Å². The van der Waals surface area contributed by atoms with Crippen molar-refractivity contribution in [2.45, 2.75) is 26.3 Å². The number of rotatable bonds is 12. The second-order valence-corrected chi connectivity index (χ2v) is 4.47. The highest BCUT2D eigenvalue weighted by Crippen LogP contribution is 2.04. The van der Waals surface area contributed by atoms with Gasteiger partial charge in [0.15, 0.2) is 0 Å². The number of hydrogen-bond acceptors (Lipinski definition) is 7. The summed E-state index contributed by atoms with van der Waals surface area (Å²) in [5.41, 5.74) is 0. The normalized spacial score (nSPS) is 12.2. The standard InChI is InChI=1S/C14H27NO6/c1-5-18-7-9-20-13(16)11-12(15(3)4)14(17)21-10-8-19-6-2/h12H,5-11H2,1-4H3/t12-/m0/s1. The van der Waals surface area contributed by atoms with Gasteiger partial charge in [0.1, 0.15) is 19.3 Å². The molecule has 0 aliphatic rings. The highest BCUT2D eigenvalue weighted by atomic mass is 16.6. The van der Waals surface area contributed by atoms with Crippen LogP contribution in [0.5, 0.6) is 0 Å². The Kier molecular flexibility index (Phi) is 11.8. The molecule has 0 fully saturated rings. The fourth-order valence-electron chi connectivity index (χ4n) is 1.49. The van der Waals surface area contributed by atoms with E-state index in [-0.39, 0.29) is 19.6 Å². The molecule has 0 aromatic carbocycles. The Morgan fingerprint density at radius 3 is 1.90 bits per heavy atom.